The third-order valence-corrected chi connectivity index (χ3v) is 4.26. The van der Waals surface area contributed by atoms with Crippen LogP contribution < -0.4 is 0 Å². The summed E-state index contributed by atoms with van der Waals surface area (Å²) in [7, 11) is 0. The van der Waals surface area contributed by atoms with Crippen molar-refractivity contribution in [2.24, 2.45) is 0 Å². The second kappa shape index (κ2) is 7.48. The molecule has 0 aliphatic heterocycles. The van der Waals surface area contributed by atoms with Crippen LogP contribution in [0.3, 0.4) is 0 Å². The van der Waals surface area contributed by atoms with Gasteiger partial charge in [-0.3, -0.25) is 10.1 Å². The zero-order valence-corrected chi connectivity index (χ0v) is 14.6. The second-order valence-corrected chi connectivity index (χ2v) is 6.11. The highest BCUT2D eigenvalue weighted by Crippen LogP contribution is 2.38. The van der Waals surface area contributed by atoms with Crippen molar-refractivity contribution in [3.05, 3.63) is 67.2 Å². The number of hydrogen-bond acceptors (Lipinski definition) is 3. The Morgan fingerprint density at radius 1 is 1.29 bits per heavy atom. The normalized spacial score (nSPS) is 11.2. The van der Waals surface area contributed by atoms with Crippen LogP contribution in [0.15, 0.2) is 35.9 Å². The Labute approximate surface area is 150 Å². The van der Waals surface area contributed by atoms with E-state index in [2.05, 4.69) is 6.07 Å². The summed E-state index contributed by atoms with van der Waals surface area (Å²) in [4.78, 5) is 10.3. The highest BCUT2D eigenvalue weighted by atomic mass is 35.5. The Morgan fingerprint density at radius 2 is 1.92 bits per heavy atom. The maximum Gasteiger partial charge on any atom is 0.272 e. The third-order valence-electron chi connectivity index (χ3n) is 3.66. The summed E-state index contributed by atoms with van der Waals surface area (Å²) in [5.74, 6) is 0. The zero-order chi connectivity index (χ0) is 17.9. The van der Waals surface area contributed by atoms with Gasteiger partial charge in [0.25, 0.3) is 5.69 Å². The molecule has 0 atom stereocenters. The SMILES string of the molecule is CC/C(C)=C\c1ccc(-c2c(Cl)cc([N+](=O)[O-])cc2Cl)cc1C#N. The van der Waals surface area contributed by atoms with E-state index in [1.165, 1.54) is 12.1 Å². The van der Waals surface area contributed by atoms with Crippen molar-refractivity contribution in [3.8, 4) is 17.2 Å². The molecule has 6 heteroatoms. The molecule has 0 radical (unpaired) electrons. The molecule has 2 rings (SSSR count). The molecule has 0 aliphatic rings. The van der Waals surface area contributed by atoms with Crippen molar-refractivity contribution in [1.82, 2.24) is 0 Å². The fraction of sp³-hybridized carbons (Fsp3) is 0.167. The van der Waals surface area contributed by atoms with Crippen molar-refractivity contribution >= 4 is 35.0 Å². The minimum absolute atomic E-state index is 0.172. The third kappa shape index (κ3) is 3.76. The van der Waals surface area contributed by atoms with Gasteiger partial charge in [0.15, 0.2) is 0 Å². The number of nitrogens with zero attached hydrogens (tertiary/aromatic N) is 2. The van der Waals surface area contributed by atoms with Crippen LogP contribution in [0.25, 0.3) is 17.2 Å². The maximum atomic E-state index is 10.9. The molecule has 0 saturated heterocycles. The number of nitro groups is 1. The van der Waals surface area contributed by atoms with E-state index in [-0.39, 0.29) is 15.7 Å². The molecule has 2 aromatic carbocycles. The summed E-state index contributed by atoms with van der Waals surface area (Å²) in [6.45, 7) is 4.04. The van der Waals surface area contributed by atoms with Crippen LogP contribution in [0.1, 0.15) is 31.4 Å². The van der Waals surface area contributed by atoms with E-state index >= 15 is 0 Å². The first-order valence-electron chi connectivity index (χ1n) is 7.22. The molecule has 0 aromatic heterocycles. The second-order valence-electron chi connectivity index (χ2n) is 5.30. The zero-order valence-electron chi connectivity index (χ0n) is 13.1. The quantitative estimate of drug-likeness (QED) is 0.477. The maximum absolute atomic E-state index is 10.9. The molecule has 4 nitrogen and oxygen atoms in total. The minimum Gasteiger partial charge on any atom is -0.258 e. The van der Waals surface area contributed by atoms with Gasteiger partial charge in [-0.25, -0.2) is 0 Å². The molecular formula is C18H14Cl2N2O2. The number of allylic oxidation sites excluding steroid dienone is 1. The summed E-state index contributed by atoms with van der Waals surface area (Å²) < 4.78 is 0. The van der Waals surface area contributed by atoms with E-state index in [0.717, 1.165) is 17.6 Å². The highest BCUT2D eigenvalue weighted by Gasteiger charge is 2.16. The lowest BCUT2D eigenvalue weighted by Gasteiger charge is -2.09. The Bertz CT molecular complexity index is 860. The van der Waals surface area contributed by atoms with E-state index in [9.17, 15) is 15.4 Å². The minimum atomic E-state index is -0.552. The van der Waals surface area contributed by atoms with Gasteiger partial charge >= 0.3 is 0 Å². The average Bonchev–Trinajstić information content (AvgIpc) is 2.54. The lowest BCUT2D eigenvalue weighted by atomic mass is 9.98. The lowest BCUT2D eigenvalue weighted by Crippen LogP contribution is -1.91. The molecule has 0 unspecified atom stereocenters. The van der Waals surface area contributed by atoms with Gasteiger partial charge in [-0.2, -0.15) is 5.26 Å². The van der Waals surface area contributed by atoms with Crippen LogP contribution in [0.2, 0.25) is 10.0 Å². The van der Waals surface area contributed by atoms with Crippen molar-refractivity contribution in [2.45, 2.75) is 20.3 Å². The molecule has 24 heavy (non-hydrogen) atoms. The molecule has 0 aliphatic carbocycles. The fourth-order valence-corrected chi connectivity index (χ4v) is 2.94. The molecule has 0 heterocycles. The van der Waals surface area contributed by atoms with Crippen LogP contribution in [0.5, 0.6) is 0 Å². The van der Waals surface area contributed by atoms with Crippen LogP contribution in [0.4, 0.5) is 5.69 Å². The van der Waals surface area contributed by atoms with Crippen molar-refractivity contribution in [1.29, 1.82) is 5.26 Å². The summed E-state index contributed by atoms with van der Waals surface area (Å²) in [6, 6.07) is 9.98. The number of rotatable bonds is 4. The summed E-state index contributed by atoms with van der Waals surface area (Å²) in [6.07, 6.45) is 2.86. The predicted molar refractivity (Wildman–Crippen MR) is 97.2 cm³/mol. The first-order valence-corrected chi connectivity index (χ1v) is 7.98. The largest absolute Gasteiger partial charge is 0.272 e. The topological polar surface area (TPSA) is 66.9 Å². The van der Waals surface area contributed by atoms with Gasteiger partial charge in [-0.1, -0.05) is 53.9 Å². The molecule has 0 spiro atoms. The molecular weight excluding hydrogens is 347 g/mol. The molecule has 0 bridgehead atoms. The van der Waals surface area contributed by atoms with Gasteiger partial charge in [0.1, 0.15) is 0 Å². The predicted octanol–water partition coefficient (Wildman–Crippen LogP) is 6.25. The van der Waals surface area contributed by atoms with E-state index in [4.69, 9.17) is 23.2 Å². The van der Waals surface area contributed by atoms with Gasteiger partial charge in [0.2, 0.25) is 0 Å². The fourth-order valence-electron chi connectivity index (χ4n) is 2.24. The molecule has 2 aromatic rings. The Hall–Kier alpha value is -2.35. The van der Waals surface area contributed by atoms with Crippen LogP contribution in [-0.4, -0.2) is 4.92 Å². The van der Waals surface area contributed by atoms with Gasteiger partial charge < -0.3 is 0 Å². The summed E-state index contributed by atoms with van der Waals surface area (Å²) >= 11 is 12.3. The first-order chi connectivity index (χ1) is 11.4. The number of nitro benzene ring substituents is 1. The molecule has 0 N–H and O–H groups in total. The molecule has 0 fully saturated rings. The van der Waals surface area contributed by atoms with Gasteiger partial charge in [-0.15, -0.1) is 0 Å². The van der Waals surface area contributed by atoms with Gasteiger partial charge in [0, 0.05) is 17.7 Å². The van der Waals surface area contributed by atoms with Crippen LogP contribution in [-0.2, 0) is 0 Å². The van der Waals surface area contributed by atoms with Crippen LogP contribution >= 0.6 is 23.2 Å². The Morgan fingerprint density at radius 3 is 2.42 bits per heavy atom. The first kappa shape index (κ1) is 18.0. The van der Waals surface area contributed by atoms with Crippen molar-refractivity contribution in [2.75, 3.05) is 0 Å². The number of benzene rings is 2. The number of non-ortho nitro benzene ring substituents is 1. The number of nitriles is 1. The van der Waals surface area contributed by atoms with Gasteiger partial charge in [-0.05, 0) is 30.5 Å². The summed E-state index contributed by atoms with van der Waals surface area (Å²) in [5, 5.41) is 20.6. The standard InChI is InChI=1S/C18H14Cl2N2O2/c1-3-11(2)6-12-4-5-13(7-14(12)10-21)18-16(19)8-15(22(23)24)9-17(18)20/h4-9H,3H2,1-2H3/b11-6-. The van der Waals surface area contributed by atoms with E-state index in [0.29, 0.717) is 16.7 Å². The van der Waals surface area contributed by atoms with Crippen molar-refractivity contribution < 1.29 is 4.92 Å². The van der Waals surface area contributed by atoms with E-state index in [1.54, 1.807) is 12.1 Å². The lowest BCUT2D eigenvalue weighted by molar-refractivity contribution is -0.384. The smallest absolute Gasteiger partial charge is 0.258 e. The van der Waals surface area contributed by atoms with Crippen LogP contribution in [0, 0.1) is 21.4 Å². The summed E-state index contributed by atoms with van der Waals surface area (Å²) in [5.41, 5.74) is 3.41. The van der Waals surface area contributed by atoms with E-state index in [1.807, 2.05) is 26.0 Å². The van der Waals surface area contributed by atoms with E-state index < -0.39 is 4.92 Å². The molecule has 0 saturated carbocycles. The van der Waals surface area contributed by atoms with Crippen molar-refractivity contribution in [3.63, 3.8) is 0 Å². The average molecular weight is 361 g/mol. The molecule has 122 valence electrons. The molecule has 0 amide bonds. The number of halogens is 2. The Balaban J connectivity index is 2.59. The van der Waals surface area contributed by atoms with Gasteiger partial charge in [0.05, 0.1) is 26.6 Å². The Kier molecular flexibility index (Phi) is 5.61. The monoisotopic (exact) mass is 360 g/mol. The number of hydrogen-bond donors (Lipinski definition) is 0. The highest BCUT2D eigenvalue weighted by molar-refractivity contribution is 6.39.